The van der Waals surface area contributed by atoms with Gasteiger partial charge in [0.25, 0.3) is 5.91 Å². The second-order valence-electron chi connectivity index (χ2n) is 5.59. The maximum absolute atomic E-state index is 14.2. The first-order valence-electron chi connectivity index (χ1n) is 7.31. The van der Waals surface area contributed by atoms with Gasteiger partial charge in [-0.2, -0.15) is 0 Å². The van der Waals surface area contributed by atoms with E-state index in [1.54, 1.807) is 25.1 Å². The van der Waals surface area contributed by atoms with E-state index in [1.807, 2.05) is 0 Å². The van der Waals surface area contributed by atoms with Crippen molar-refractivity contribution in [1.82, 2.24) is 4.90 Å². The van der Waals surface area contributed by atoms with Crippen LogP contribution < -0.4 is 4.90 Å². The van der Waals surface area contributed by atoms with E-state index in [4.69, 9.17) is 4.74 Å². The lowest BCUT2D eigenvalue weighted by molar-refractivity contribution is -0.147. The van der Waals surface area contributed by atoms with Gasteiger partial charge in [-0.25, -0.2) is 9.18 Å². The molecular formula is C16H21FN2O3. The summed E-state index contributed by atoms with van der Waals surface area (Å²) in [6, 6.07) is 3.85. The maximum atomic E-state index is 14.2. The van der Waals surface area contributed by atoms with Gasteiger partial charge >= 0.3 is 5.97 Å². The van der Waals surface area contributed by atoms with Crippen molar-refractivity contribution in [2.24, 2.45) is 0 Å². The summed E-state index contributed by atoms with van der Waals surface area (Å²) in [7, 11) is 4.90. The molecule has 0 aromatic heterocycles. The topological polar surface area (TPSA) is 49.9 Å². The van der Waals surface area contributed by atoms with Crippen molar-refractivity contribution in [3.63, 3.8) is 0 Å². The minimum Gasteiger partial charge on any atom is -0.467 e. The predicted molar refractivity (Wildman–Crippen MR) is 81.4 cm³/mol. The number of carbonyl (C=O) groups excluding carboxylic acids is 2. The van der Waals surface area contributed by atoms with E-state index in [0.717, 1.165) is 12.8 Å². The molecule has 1 fully saturated rings. The van der Waals surface area contributed by atoms with Crippen molar-refractivity contribution in [2.45, 2.75) is 25.3 Å². The van der Waals surface area contributed by atoms with Crippen LogP contribution in [0.15, 0.2) is 18.2 Å². The van der Waals surface area contributed by atoms with Gasteiger partial charge in [-0.05, 0) is 37.5 Å². The summed E-state index contributed by atoms with van der Waals surface area (Å²) in [6.45, 7) is 0.438. The second kappa shape index (κ2) is 6.77. The lowest BCUT2D eigenvalue weighted by atomic mass is 10.0. The van der Waals surface area contributed by atoms with E-state index >= 15 is 0 Å². The lowest BCUT2D eigenvalue weighted by Gasteiger charge is -2.33. The molecule has 1 saturated heterocycles. The molecule has 1 aromatic rings. The highest BCUT2D eigenvalue weighted by atomic mass is 19.1. The first-order valence-corrected chi connectivity index (χ1v) is 7.31. The molecule has 0 N–H and O–H groups in total. The zero-order chi connectivity index (χ0) is 16.3. The minimum atomic E-state index is -0.626. The number of nitrogens with zero attached hydrogens (tertiary/aromatic N) is 2. The third-order valence-electron chi connectivity index (χ3n) is 3.94. The number of halogens is 1. The number of carbonyl (C=O) groups is 2. The number of esters is 1. The SMILES string of the molecule is COC(=O)[C@H]1CCCCN1C(=O)c1ccc(N(C)C)cc1F. The summed E-state index contributed by atoms with van der Waals surface area (Å²) in [5, 5.41) is 0. The van der Waals surface area contributed by atoms with Crippen LogP contribution in [0.4, 0.5) is 10.1 Å². The zero-order valence-electron chi connectivity index (χ0n) is 13.1. The average Bonchev–Trinajstić information content (AvgIpc) is 2.53. The van der Waals surface area contributed by atoms with Crippen LogP contribution in [0.1, 0.15) is 29.6 Å². The highest BCUT2D eigenvalue weighted by molar-refractivity contribution is 5.97. The van der Waals surface area contributed by atoms with Crippen LogP contribution in [0, 0.1) is 5.82 Å². The lowest BCUT2D eigenvalue weighted by Crippen LogP contribution is -2.48. The zero-order valence-corrected chi connectivity index (χ0v) is 13.1. The highest BCUT2D eigenvalue weighted by Crippen LogP contribution is 2.23. The molecular weight excluding hydrogens is 287 g/mol. The Morgan fingerprint density at radius 1 is 1.32 bits per heavy atom. The van der Waals surface area contributed by atoms with Gasteiger partial charge in [0, 0.05) is 26.3 Å². The van der Waals surface area contributed by atoms with Crippen LogP contribution in [0.25, 0.3) is 0 Å². The first kappa shape index (κ1) is 16.3. The number of ether oxygens (including phenoxy) is 1. The van der Waals surface area contributed by atoms with E-state index in [0.29, 0.717) is 18.7 Å². The van der Waals surface area contributed by atoms with Gasteiger partial charge in [0.15, 0.2) is 0 Å². The molecule has 6 heteroatoms. The fraction of sp³-hybridized carbons (Fsp3) is 0.500. The Hall–Kier alpha value is -2.11. The molecule has 1 aromatic carbocycles. The number of anilines is 1. The number of hydrogen-bond acceptors (Lipinski definition) is 4. The number of amides is 1. The summed E-state index contributed by atoms with van der Waals surface area (Å²) in [4.78, 5) is 27.6. The summed E-state index contributed by atoms with van der Waals surface area (Å²) < 4.78 is 19.0. The molecule has 1 aliphatic heterocycles. The fourth-order valence-electron chi connectivity index (χ4n) is 2.67. The molecule has 120 valence electrons. The summed E-state index contributed by atoms with van der Waals surface area (Å²) in [5.74, 6) is -1.48. The predicted octanol–water partition coefficient (Wildman–Crippen LogP) is 2.06. The van der Waals surface area contributed by atoms with Gasteiger partial charge in [-0.3, -0.25) is 4.79 Å². The van der Waals surface area contributed by atoms with Gasteiger partial charge in [0.2, 0.25) is 0 Å². The van der Waals surface area contributed by atoms with Crippen LogP contribution in [-0.4, -0.2) is 50.6 Å². The molecule has 0 unspecified atom stereocenters. The van der Waals surface area contributed by atoms with Crippen molar-refractivity contribution < 1.29 is 18.7 Å². The monoisotopic (exact) mass is 308 g/mol. The molecule has 1 amide bonds. The van der Waals surface area contributed by atoms with E-state index in [1.165, 1.54) is 24.1 Å². The van der Waals surface area contributed by atoms with Gasteiger partial charge < -0.3 is 14.5 Å². The molecule has 22 heavy (non-hydrogen) atoms. The van der Waals surface area contributed by atoms with E-state index in [2.05, 4.69) is 0 Å². The normalized spacial score (nSPS) is 18.0. The van der Waals surface area contributed by atoms with Crippen LogP contribution >= 0.6 is 0 Å². The molecule has 0 saturated carbocycles. The first-order chi connectivity index (χ1) is 10.5. The molecule has 1 aliphatic rings. The third kappa shape index (κ3) is 3.21. The largest absolute Gasteiger partial charge is 0.467 e. The Labute approximate surface area is 129 Å². The Morgan fingerprint density at radius 2 is 2.05 bits per heavy atom. The minimum absolute atomic E-state index is 0.0126. The Morgan fingerprint density at radius 3 is 2.64 bits per heavy atom. The Bertz CT molecular complexity index is 575. The van der Waals surface area contributed by atoms with Crippen molar-refractivity contribution in [3.05, 3.63) is 29.6 Å². The standard InChI is InChI=1S/C16H21FN2O3/c1-18(2)11-7-8-12(13(17)10-11)15(20)19-9-5-4-6-14(19)16(21)22-3/h7-8,10,14H,4-6,9H2,1-3H3/t14-/m1/s1. The highest BCUT2D eigenvalue weighted by Gasteiger charge is 2.34. The van der Waals surface area contributed by atoms with Crippen molar-refractivity contribution in [3.8, 4) is 0 Å². The average molecular weight is 308 g/mol. The molecule has 0 aliphatic carbocycles. The molecule has 5 nitrogen and oxygen atoms in total. The van der Waals surface area contributed by atoms with Crippen LogP contribution in [0.3, 0.4) is 0 Å². The number of methoxy groups -OCH3 is 1. The second-order valence-corrected chi connectivity index (χ2v) is 5.59. The Kier molecular flexibility index (Phi) is 5.00. The third-order valence-corrected chi connectivity index (χ3v) is 3.94. The van der Waals surface area contributed by atoms with Gasteiger partial charge in [0.05, 0.1) is 12.7 Å². The quantitative estimate of drug-likeness (QED) is 0.802. The van der Waals surface area contributed by atoms with Gasteiger partial charge in [0.1, 0.15) is 11.9 Å². The molecule has 2 rings (SSSR count). The summed E-state index contributed by atoms with van der Waals surface area (Å²) in [5.41, 5.74) is 0.665. The van der Waals surface area contributed by atoms with E-state index in [9.17, 15) is 14.0 Å². The maximum Gasteiger partial charge on any atom is 0.328 e. The molecule has 0 spiro atoms. The van der Waals surface area contributed by atoms with Crippen molar-refractivity contribution in [1.29, 1.82) is 0 Å². The number of piperidine rings is 1. The van der Waals surface area contributed by atoms with Crippen LogP contribution in [-0.2, 0) is 9.53 Å². The van der Waals surface area contributed by atoms with Gasteiger partial charge in [-0.15, -0.1) is 0 Å². The number of hydrogen-bond donors (Lipinski definition) is 0. The van der Waals surface area contributed by atoms with Crippen LogP contribution in [0.5, 0.6) is 0 Å². The number of rotatable bonds is 3. The van der Waals surface area contributed by atoms with E-state index in [-0.39, 0.29) is 5.56 Å². The fourth-order valence-corrected chi connectivity index (χ4v) is 2.67. The molecule has 0 bridgehead atoms. The molecule has 1 heterocycles. The summed E-state index contributed by atoms with van der Waals surface area (Å²) >= 11 is 0. The molecule has 0 radical (unpaired) electrons. The van der Waals surface area contributed by atoms with Crippen molar-refractivity contribution in [2.75, 3.05) is 32.6 Å². The van der Waals surface area contributed by atoms with E-state index < -0.39 is 23.7 Å². The smallest absolute Gasteiger partial charge is 0.328 e. The number of benzene rings is 1. The van der Waals surface area contributed by atoms with Crippen LogP contribution in [0.2, 0.25) is 0 Å². The number of likely N-dealkylation sites (tertiary alicyclic amines) is 1. The summed E-state index contributed by atoms with van der Waals surface area (Å²) in [6.07, 6.45) is 2.21. The van der Waals surface area contributed by atoms with Gasteiger partial charge in [-0.1, -0.05) is 0 Å². The Balaban J connectivity index is 2.27. The van der Waals surface area contributed by atoms with Crippen molar-refractivity contribution >= 4 is 17.6 Å². The molecule has 1 atom stereocenters.